The number of carbonyl (C=O) groups excluding carboxylic acids is 2. The van der Waals surface area contributed by atoms with Crippen molar-refractivity contribution in [3.63, 3.8) is 0 Å². The van der Waals surface area contributed by atoms with E-state index in [2.05, 4.69) is 28.2 Å². The molecule has 0 saturated heterocycles. The van der Waals surface area contributed by atoms with Gasteiger partial charge in [-0.25, -0.2) is 4.39 Å². The van der Waals surface area contributed by atoms with E-state index in [1.165, 1.54) is 11.0 Å². The highest BCUT2D eigenvalue weighted by atomic mass is 79.9. The van der Waals surface area contributed by atoms with Crippen molar-refractivity contribution in [2.45, 2.75) is 39.3 Å². The van der Waals surface area contributed by atoms with Crippen molar-refractivity contribution in [2.75, 3.05) is 13.2 Å². The first kappa shape index (κ1) is 26.4. The van der Waals surface area contributed by atoms with Gasteiger partial charge in [-0.15, -0.1) is 0 Å². The molecule has 0 aromatic heterocycles. The van der Waals surface area contributed by atoms with Crippen molar-refractivity contribution < 1.29 is 18.7 Å². The molecule has 0 spiro atoms. The molecule has 0 bridgehead atoms. The summed E-state index contributed by atoms with van der Waals surface area (Å²) < 4.78 is 21.1. The van der Waals surface area contributed by atoms with E-state index in [1.807, 2.05) is 55.5 Å². The molecule has 2 amide bonds. The molecule has 1 N–H and O–H groups in total. The van der Waals surface area contributed by atoms with E-state index in [-0.39, 0.29) is 19.1 Å². The summed E-state index contributed by atoms with van der Waals surface area (Å²) in [5, 5.41) is 2.82. The number of likely N-dealkylation sites (N-methyl/N-ethyl adjacent to an activating group) is 1. The fraction of sp³-hybridized carbons (Fsp3) is 0.286. The lowest BCUT2D eigenvalue weighted by Gasteiger charge is -2.31. The number of amides is 2. The summed E-state index contributed by atoms with van der Waals surface area (Å²) in [6, 6.07) is 20.6. The van der Waals surface area contributed by atoms with Gasteiger partial charge in [-0.05, 0) is 58.6 Å². The Morgan fingerprint density at radius 2 is 1.71 bits per heavy atom. The van der Waals surface area contributed by atoms with Gasteiger partial charge in [0.1, 0.15) is 17.6 Å². The number of carbonyl (C=O) groups is 2. The fourth-order valence-corrected chi connectivity index (χ4v) is 4.30. The third-order valence-corrected chi connectivity index (χ3v) is 6.30. The van der Waals surface area contributed by atoms with E-state index in [4.69, 9.17) is 4.74 Å². The molecule has 184 valence electrons. The molecule has 1 atom stereocenters. The summed E-state index contributed by atoms with van der Waals surface area (Å²) in [7, 11) is 0. The Labute approximate surface area is 214 Å². The van der Waals surface area contributed by atoms with E-state index in [1.54, 1.807) is 18.2 Å². The zero-order valence-corrected chi connectivity index (χ0v) is 21.6. The standard InChI is InChI=1S/C28H30BrFN2O3/c1-3-20-14-15-26(23(29)16-20)35-19-27(33)32(18-22-12-8-9-13-24(22)30)25(28(34)31-4-2)17-21-10-6-5-7-11-21/h5-16,25H,3-4,17-19H2,1-2H3,(H,31,34). The number of halogens is 2. The van der Waals surface area contributed by atoms with Gasteiger partial charge < -0.3 is 15.0 Å². The first-order valence-corrected chi connectivity index (χ1v) is 12.5. The van der Waals surface area contributed by atoms with Gasteiger partial charge >= 0.3 is 0 Å². The van der Waals surface area contributed by atoms with Crippen LogP contribution in [0.2, 0.25) is 0 Å². The van der Waals surface area contributed by atoms with Crippen LogP contribution in [-0.2, 0) is 29.0 Å². The van der Waals surface area contributed by atoms with Gasteiger partial charge in [0.15, 0.2) is 6.61 Å². The minimum absolute atomic E-state index is 0.0561. The van der Waals surface area contributed by atoms with E-state index in [9.17, 15) is 14.0 Å². The molecule has 0 radical (unpaired) electrons. The Morgan fingerprint density at radius 1 is 1.00 bits per heavy atom. The smallest absolute Gasteiger partial charge is 0.261 e. The van der Waals surface area contributed by atoms with Gasteiger partial charge in [0.05, 0.1) is 4.47 Å². The highest BCUT2D eigenvalue weighted by Crippen LogP contribution is 2.26. The number of rotatable bonds is 11. The van der Waals surface area contributed by atoms with E-state index < -0.39 is 17.8 Å². The lowest BCUT2D eigenvalue weighted by atomic mass is 10.0. The van der Waals surface area contributed by atoms with Crippen molar-refractivity contribution in [3.8, 4) is 5.75 Å². The highest BCUT2D eigenvalue weighted by molar-refractivity contribution is 9.10. The average molecular weight is 541 g/mol. The molecule has 3 rings (SSSR count). The molecule has 0 heterocycles. The predicted octanol–water partition coefficient (Wildman–Crippen LogP) is 5.31. The van der Waals surface area contributed by atoms with Gasteiger partial charge in [-0.3, -0.25) is 9.59 Å². The molecule has 1 unspecified atom stereocenters. The quantitative estimate of drug-likeness (QED) is 0.358. The second kappa shape index (κ2) is 13.0. The number of aryl methyl sites for hydroxylation is 1. The van der Waals surface area contributed by atoms with Gasteiger partial charge in [0.2, 0.25) is 5.91 Å². The van der Waals surface area contributed by atoms with Crippen molar-refractivity contribution in [1.29, 1.82) is 0 Å². The Kier molecular flexibility index (Phi) is 9.85. The van der Waals surface area contributed by atoms with Crippen LogP contribution in [0.15, 0.2) is 77.3 Å². The summed E-state index contributed by atoms with van der Waals surface area (Å²) in [4.78, 5) is 28.0. The van der Waals surface area contributed by atoms with Crippen molar-refractivity contribution >= 4 is 27.7 Å². The molecule has 7 heteroatoms. The van der Waals surface area contributed by atoms with Gasteiger partial charge in [-0.2, -0.15) is 0 Å². The molecule has 0 aliphatic rings. The SMILES string of the molecule is CCNC(=O)C(Cc1ccccc1)N(Cc1ccccc1F)C(=O)COc1ccc(CC)cc1Br. The molecular formula is C28H30BrFN2O3. The maximum Gasteiger partial charge on any atom is 0.261 e. The highest BCUT2D eigenvalue weighted by Gasteiger charge is 2.31. The summed E-state index contributed by atoms with van der Waals surface area (Å²) in [5.74, 6) is -0.612. The van der Waals surface area contributed by atoms with E-state index in [0.717, 1.165) is 22.0 Å². The lowest BCUT2D eigenvalue weighted by molar-refractivity contribution is -0.142. The van der Waals surface area contributed by atoms with Crippen molar-refractivity contribution in [3.05, 3.63) is 99.8 Å². The first-order valence-electron chi connectivity index (χ1n) is 11.7. The van der Waals surface area contributed by atoms with Crippen LogP contribution in [0.1, 0.15) is 30.5 Å². The Bertz CT molecular complexity index is 1140. The van der Waals surface area contributed by atoms with Crippen LogP contribution in [0.4, 0.5) is 4.39 Å². The van der Waals surface area contributed by atoms with Crippen LogP contribution >= 0.6 is 15.9 Å². The Morgan fingerprint density at radius 3 is 2.37 bits per heavy atom. The van der Waals surface area contributed by atoms with Crippen LogP contribution in [-0.4, -0.2) is 35.9 Å². The van der Waals surface area contributed by atoms with Gasteiger partial charge in [0, 0.05) is 25.1 Å². The summed E-state index contributed by atoms with van der Waals surface area (Å²) in [5.41, 5.74) is 2.36. The summed E-state index contributed by atoms with van der Waals surface area (Å²) in [6.07, 6.45) is 1.17. The maximum atomic E-state index is 14.6. The minimum atomic E-state index is -0.834. The van der Waals surface area contributed by atoms with E-state index in [0.29, 0.717) is 24.3 Å². The molecule has 0 saturated carbocycles. The number of ether oxygens (including phenoxy) is 1. The number of benzene rings is 3. The van der Waals surface area contributed by atoms with Crippen LogP contribution in [0.25, 0.3) is 0 Å². The molecule has 0 aliphatic heterocycles. The third kappa shape index (κ3) is 7.39. The molecule has 5 nitrogen and oxygen atoms in total. The fourth-order valence-electron chi connectivity index (χ4n) is 3.76. The molecule has 35 heavy (non-hydrogen) atoms. The topological polar surface area (TPSA) is 58.6 Å². The second-order valence-corrected chi connectivity index (χ2v) is 8.97. The summed E-state index contributed by atoms with van der Waals surface area (Å²) >= 11 is 3.49. The lowest BCUT2D eigenvalue weighted by Crippen LogP contribution is -2.51. The Balaban J connectivity index is 1.90. The van der Waals surface area contributed by atoms with Crippen LogP contribution in [0.3, 0.4) is 0 Å². The average Bonchev–Trinajstić information content (AvgIpc) is 2.87. The minimum Gasteiger partial charge on any atom is -0.483 e. The number of nitrogens with one attached hydrogen (secondary N) is 1. The van der Waals surface area contributed by atoms with Crippen molar-refractivity contribution in [1.82, 2.24) is 10.2 Å². The van der Waals surface area contributed by atoms with Gasteiger partial charge in [0.25, 0.3) is 5.91 Å². The molecule has 3 aromatic rings. The molecular weight excluding hydrogens is 511 g/mol. The number of hydrogen-bond donors (Lipinski definition) is 1. The first-order chi connectivity index (χ1) is 16.9. The number of nitrogens with zero attached hydrogens (tertiary/aromatic N) is 1. The van der Waals surface area contributed by atoms with Crippen LogP contribution in [0, 0.1) is 5.82 Å². The monoisotopic (exact) mass is 540 g/mol. The second-order valence-electron chi connectivity index (χ2n) is 8.12. The Hall–Kier alpha value is -3.19. The predicted molar refractivity (Wildman–Crippen MR) is 139 cm³/mol. The van der Waals surface area contributed by atoms with Crippen LogP contribution in [0.5, 0.6) is 5.75 Å². The summed E-state index contributed by atoms with van der Waals surface area (Å²) in [6.45, 7) is 3.95. The van der Waals surface area contributed by atoms with Crippen molar-refractivity contribution in [2.24, 2.45) is 0 Å². The molecule has 0 aliphatic carbocycles. The van der Waals surface area contributed by atoms with Gasteiger partial charge in [-0.1, -0.05) is 61.5 Å². The zero-order valence-electron chi connectivity index (χ0n) is 20.0. The largest absolute Gasteiger partial charge is 0.483 e. The number of hydrogen-bond acceptors (Lipinski definition) is 3. The zero-order chi connectivity index (χ0) is 25.2. The third-order valence-electron chi connectivity index (χ3n) is 5.68. The molecule has 3 aromatic carbocycles. The van der Waals surface area contributed by atoms with E-state index >= 15 is 0 Å². The maximum absolute atomic E-state index is 14.6. The normalized spacial score (nSPS) is 11.5. The molecule has 0 fully saturated rings. The van der Waals surface area contributed by atoms with Crippen LogP contribution < -0.4 is 10.1 Å².